The third-order valence-electron chi connectivity index (χ3n) is 3.65. The van der Waals surface area contributed by atoms with Crippen molar-refractivity contribution in [3.8, 4) is 0 Å². The monoisotopic (exact) mass is 282 g/mol. The Bertz CT molecular complexity index is 243. The van der Waals surface area contributed by atoms with Gasteiger partial charge in [0.25, 0.3) is 0 Å². The molecule has 0 atom stereocenters. The number of hydrogen-bond donors (Lipinski definition) is 6. The minimum Gasteiger partial charge on any atom is -0.316 e. The maximum Gasteiger partial charge on any atom is 0.0777 e. The molecule has 0 aromatic rings. The maximum atomic E-state index is 6.22. The lowest BCUT2D eigenvalue weighted by Crippen LogP contribution is -2.50. The van der Waals surface area contributed by atoms with E-state index in [1.54, 1.807) is 0 Å². The molecular weight excluding hydrogens is 251 g/mol. The van der Waals surface area contributed by atoms with E-state index >= 15 is 0 Å². The third kappa shape index (κ3) is 7.57. The topological polar surface area (TPSA) is 86.2 Å². The van der Waals surface area contributed by atoms with E-state index in [0.29, 0.717) is 0 Å². The van der Waals surface area contributed by atoms with Gasteiger partial charge < -0.3 is 21.3 Å². The Morgan fingerprint density at radius 2 is 1.30 bits per heavy atom. The van der Waals surface area contributed by atoms with Crippen LogP contribution in [0, 0.1) is 5.41 Å². The standard InChI is InChI=1S/C13H31BN6/c1-12(9-20-15)7-16-3-5-18-10-13(2,14)11-19-6-4-17-8-12/h16-20H,3-11,15H2,1-2H3. The summed E-state index contributed by atoms with van der Waals surface area (Å²) >= 11 is 0. The van der Waals surface area contributed by atoms with Crippen LogP contribution in [-0.4, -0.2) is 66.7 Å². The molecule has 1 aliphatic rings. The molecule has 0 spiro atoms. The summed E-state index contributed by atoms with van der Waals surface area (Å²) in [5.41, 5.74) is 2.91. The van der Waals surface area contributed by atoms with Gasteiger partial charge in [-0.15, -0.1) is 0 Å². The molecule has 1 fully saturated rings. The number of nitrogens with one attached hydrogen (secondary N) is 5. The molecule has 0 aliphatic carbocycles. The molecule has 7 N–H and O–H groups in total. The van der Waals surface area contributed by atoms with Gasteiger partial charge in [0.1, 0.15) is 0 Å². The predicted octanol–water partition coefficient (Wildman–Crippen LogP) is -1.82. The van der Waals surface area contributed by atoms with Crippen LogP contribution < -0.4 is 32.5 Å². The molecule has 1 heterocycles. The van der Waals surface area contributed by atoms with Crippen LogP contribution in [0.4, 0.5) is 0 Å². The van der Waals surface area contributed by atoms with Gasteiger partial charge in [-0.1, -0.05) is 13.8 Å². The molecule has 1 saturated heterocycles. The van der Waals surface area contributed by atoms with Crippen molar-refractivity contribution in [3.05, 3.63) is 0 Å². The van der Waals surface area contributed by atoms with Gasteiger partial charge in [0.2, 0.25) is 0 Å². The summed E-state index contributed by atoms with van der Waals surface area (Å²) in [5.74, 6) is 5.49. The summed E-state index contributed by atoms with van der Waals surface area (Å²) in [6, 6.07) is 0. The van der Waals surface area contributed by atoms with Crippen molar-refractivity contribution in [1.29, 1.82) is 0 Å². The van der Waals surface area contributed by atoms with E-state index in [0.717, 1.165) is 58.9 Å². The van der Waals surface area contributed by atoms with Gasteiger partial charge in [-0.25, -0.2) is 0 Å². The van der Waals surface area contributed by atoms with Crippen LogP contribution in [0.2, 0.25) is 5.31 Å². The van der Waals surface area contributed by atoms with Gasteiger partial charge in [-0.2, -0.15) is 0 Å². The molecule has 0 amide bonds. The number of rotatable bonds is 2. The lowest BCUT2D eigenvalue weighted by molar-refractivity contribution is 0.274. The van der Waals surface area contributed by atoms with E-state index in [9.17, 15) is 0 Å². The summed E-state index contributed by atoms with van der Waals surface area (Å²) in [5, 5.41) is 13.6. The fourth-order valence-electron chi connectivity index (χ4n) is 2.38. The van der Waals surface area contributed by atoms with Crippen molar-refractivity contribution >= 4 is 7.85 Å². The normalized spacial score (nSPS) is 35.4. The lowest BCUT2D eigenvalue weighted by Gasteiger charge is -2.31. The first-order chi connectivity index (χ1) is 9.47. The molecule has 0 saturated carbocycles. The largest absolute Gasteiger partial charge is 0.316 e. The Kier molecular flexibility index (Phi) is 8.02. The molecule has 2 radical (unpaired) electrons. The second-order valence-electron chi connectivity index (χ2n) is 6.55. The fraction of sp³-hybridized carbons (Fsp3) is 1.00. The number of hydrogen-bond acceptors (Lipinski definition) is 6. The van der Waals surface area contributed by atoms with E-state index in [-0.39, 0.29) is 10.7 Å². The molecule has 1 aliphatic heterocycles. The highest BCUT2D eigenvalue weighted by Crippen LogP contribution is 2.16. The van der Waals surface area contributed by atoms with Crippen molar-refractivity contribution in [1.82, 2.24) is 26.7 Å². The first-order valence-electron chi connectivity index (χ1n) is 7.53. The molecule has 6 nitrogen and oxygen atoms in total. The van der Waals surface area contributed by atoms with Gasteiger partial charge in [0, 0.05) is 51.2 Å². The van der Waals surface area contributed by atoms with E-state index in [1.807, 2.05) is 0 Å². The number of nitrogens with two attached hydrogens (primary N) is 1. The zero-order valence-electron chi connectivity index (χ0n) is 13.0. The van der Waals surface area contributed by atoms with Gasteiger partial charge in [0.15, 0.2) is 0 Å². The van der Waals surface area contributed by atoms with Crippen LogP contribution in [0.5, 0.6) is 0 Å². The Labute approximate surface area is 124 Å². The molecule has 7 heteroatoms. The van der Waals surface area contributed by atoms with E-state index < -0.39 is 0 Å². The highest BCUT2D eigenvalue weighted by molar-refractivity contribution is 6.15. The van der Waals surface area contributed by atoms with E-state index in [2.05, 4.69) is 40.5 Å². The van der Waals surface area contributed by atoms with Crippen molar-refractivity contribution in [3.63, 3.8) is 0 Å². The van der Waals surface area contributed by atoms with Crippen LogP contribution in [0.1, 0.15) is 13.8 Å². The minimum absolute atomic E-state index is 0.112. The molecule has 20 heavy (non-hydrogen) atoms. The van der Waals surface area contributed by atoms with Crippen LogP contribution in [0.3, 0.4) is 0 Å². The smallest absolute Gasteiger partial charge is 0.0777 e. The van der Waals surface area contributed by atoms with Crippen LogP contribution in [0.25, 0.3) is 0 Å². The first-order valence-corrected chi connectivity index (χ1v) is 7.53. The van der Waals surface area contributed by atoms with Crippen LogP contribution >= 0.6 is 0 Å². The molecule has 0 unspecified atom stereocenters. The van der Waals surface area contributed by atoms with Gasteiger partial charge in [0.05, 0.1) is 7.85 Å². The number of hydrazine groups is 1. The SMILES string of the molecule is [B]C1(C)CNCCNCC(C)(CNN)CNCCNC1. The second-order valence-corrected chi connectivity index (χ2v) is 6.55. The summed E-state index contributed by atoms with van der Waals surface area (Å²) in [7, 11) is 6.22. The Hall–Kier alpha value is -0.175. The average molecular weight is 282 g/mol. The Morgan fingerprint density at radius 3 is 1.70 bits per heavy atom. The summed E-state index contributed by atoms with van der Waals surface area (Å²) in [6.07, 6.45) is 0. The van der Waals surface area contributed by atoms with Crippen LogP contribution in [0.15, 0.2) is 0 Å². The van der Waals surface area contributed by atoms with Gasteiger partial charge in [-0.3, -0.25) is 11.3 Å². The summed E-state index contributed by atoms with van der Waals surface area (Å²) < 4.78 is 0. The minimum atomic E-state index is -0.206. The van der Waals surface area contributed by atoms with Crippen LogP contribution in [-0.2, 0) is 0 Å². The van der Waals surface area contributed by atoms with Gasteiger partial charge >= 0.3 is 0 Å². The summed E-state index contributed by atoms with van der Waals surface area (Å²) in [6.45, 7) is 12.3. The second kappa shape index (κ2) is 8.97. The Morgan fingerprint density at radius 1 is 0.900 bits per heavy atom. The third-order valence-corrected chi connectivity index (χ3v) is 3.65. The summed E-state index contributed by atoms with van der Waals surface area (Å²) in [4.78, 5) is 0. The Balaban J connectivity index is 2.44. The van der Waals surface area contributed by atoms with E-state index in [1.165, 1.54) is 0 Å². The molecule has 1 rings (SSSR count). The highest BCUT2D eigenvalue weighted by atomic mass is 15.2. The molecule has 0 aromatic heterocycles. The molecule has 0 aromatic carbocycles. The highest BCUT2D eigenvalue weighted by Gasteiger charge is 2.23. The zero-order chi connectivity index (χ0) is 14.9. The van der Waals surface area contributed by atoms with E-state index in [4.69, 9.17) is 13.7 Å². The molecule has 0 bridgehead atoms. The van der Waals surface area contributed by atoms with Crippen molar-refractivity contribution < 1.29 is 0 Å². The molecular formula is C13H31BN6. The maximum absolute atomic E-state index is 6.22. The van der Waals surface area contributed by atoms with Crippen molar-refractivity contribution in [2.24, 2.45) is 11.3 Å². The molecule has 116 valence electrons. The average Bonchev–Trinajstić information content (AvgIpc) is 2.37. The first kappa shape index (κ1) is 17.9. The zero-order valence-corrected chi connectivity index (χ0v) is 13.0. The fourth-order valence-corrected chi connectivity index (χ4v) is 2.38. The van der Waals surface area contributed by atoms with Gasteiger partial charge in [-0.05, 0) is 18.4 Å². The van der Waals surface area contributed by atoms with Crippen molar-refractivity contribution in [2.75, 3.05) is 58.9 Å². The van der Waals surface area contributed by atoms with Crippen molar-refractivity contribution in [2.45, 2.75) is 19.2 Å². The quantitative estimate of drug-likeness (QED) is 0.203. The predicted molar refractivity (Wildman–Crippen MR) is 85.9 cm³/mol. The lowest BCUT2D eigenvalue weighted by atomic mass is 9.70.